The van der Waals surface area contributed by atoms with Crippen LogP contribution in [-0.4, -0.2) is 52.8 Å². The molecule has 0 radical (unpaired) electrons. The molecule has 4 aromatic rings. The summed E-state index contributed by atoms with van der Waals surface area (Å²) >= 11 is 3.10. The number of anilines is 1. The molecule has 6 nitrogen and oxygen atoms in total. The first kappa shape index (κ1) is 25.9. The lowest BCUT2D eigenvalue weighted by molar-refractivity contribution is -0.135. The van der Waals surface area contributed by atoms with Crippen LogP contribution in [0.1, 0.15) is 51.4 Å². The van der Waals surface area contributed by atoms with Crippen LogP contribution in [0.4, 0.5) is 5.13 Å². The predicted molar refractivity (Wildman–Crippen MR) is 157 cm³/mol. The van der Waals surface area contributed by atoms with Crippen LogP contribution in [0.25, 0.3) is 0 Å². The number of hydrogen-bond donors (Lipinski definition) is 1. The van der Waals surface area contributed by atoms with Crippen LogP contribution >= 0.6 is 22.7 Å². The maximum Gasteiger partial charge on any atom is 0.231 e. The normalized spacial score (nSPS) is 17.7. The number of thiophene rings is 1. The predicted octanol–water partition coefficient (Wildman–Crippen LogP) is 5.74. The maximum absolute atomic E-state index is 13.8. The number of hydrogen-bond acceptors (Lipinski definition) is 6. The van der Waals surface area contributed by atoms with Crippen molar-refractivity contribution in [2.24, 2.45) is 0 Å². The second-order valence-corrected chi connectivity index (χ2v) is 12.3. The van der Waals surface area contributed by atoms with Crippen molar-refractivity contribution in [1.82, 2.24) is 14.8 Å². The number of carbonyl (C=O) groups is 2. The summed E-state index contributed by atoms with van der Waals surface area (Å²) in [4.78, 5) is 37.7. The Morgan fingerprint density at radius 1 is 0.923 bits per heavy atom. The smallest absolute Gasteiger partial charge is 0.231 e. The van der Waals surface area contributed by atoms with Gasteiger partial charge in [-0.2, -0.15) is 0 Å². The van der Waals surface area contributed by atoms with Crippen LogP contribution in [0, 0.1) is 0 Å². The van der Waals surface area contributed by atoms with E-state index in [0.717, 1.165) is 47.8 Å². The molecule has 0 bridgehead atoms. The fourth-order valence-electron chi connectivity index (χ4n) is 5.75. The molecule has 1 aliphatic heterocycles. The number of piperazine rings is 1. The highest BCUT2D eigenvalue weighted by Gasteiger charge is 2.35. The molecular formula is C31H32N4O2S2. The van der Waals surface area contributed by atoms with E-state index in [1.807, 2.05) is 22.4 Å². The first-order valence-corrected chi connectivity index (χ1v) is 15.3. The maximum atomic E-state index is 13.8. The van der Waals surface area contributed by atoms with Gasteiger partial charge in [-0.1, -0.05) is 66.7 Å². The van der Waals surface area contributed by atoms with Crippen molar-refractivity contribution in [2.45, 2.75) is 37.6 Å². The Bertz CT molecular complexity index is 1360. The largest absolute Gasteiger partial charge is 0.340 e. The summed E-state index contributed by atoms with van der Waals surface area (Å²) in [5.41, 5.74) is 3.42. The van der Waals surface area contributed by atoms with Crippen LogP contribution in [0.15, 0.2) is 78.2 Å². The van der Waals surface area contributed by atoms with Gasteiger partial charge in [-0.15, -0.1) is 22.7 Å². The lowest BCUT2D eigenvalue weighted by atomic mass is 9.89. The molecule has 1 fully saturated rings. The summed E-state index contributed by atoms with van der Waals surface area (Å²) in [6.07, 6.45) is 3.05. The van der Waals surface area contributed by atoms with Gasteiger partial charge in [0.1, 0.15) is 0 Å². The fraction of sp³-hybridized carbons (Fsp3) is 0.323. The number of thiazole rings is 1. The molecule has 200 valence electrons. The zero-order valence-electron chi connectivity index (χ0n) is 21.8. The van der Waals surface area contributed by atoms with E-state index in [-0.39, 0.29) is 23.8 Å². The van der Waals surface area contributed by atoms with Gasteiger partial charge in [0.05, 0.1) is 24.1 Å². The molecule has 2 aromatic heterocycles. The quantitative estimate of drug-likeness (QED) is 0.315. The number of amides is 2. The van der Waals surface area contributed by atoms with Crippen LogP contribution in [0.3, 0.4) is 0 Å². The Morgan fingerprint density at radius 3 is 2.26 bits per heavy atom. The van der Waals surface area contributed by atoms with E-state index in [4.69, 9.17) is 4.98 Å². The summed E-state index contributed by atoms with van der Waals surface area (Å²) in [6, 6.07) is 25.4. The number of nitrogens with zero attached hydrogens (tertiary/aromatic N) is 3. The third-order valence-electron chi connectivity index (χ3n) is 7.64. The number of nitrogens with one attached hydrogen (secondary N) is 1. The topological polar surface area (TPSA) is 65.5 Å². The third kappa shape index (κ3) is 5.83. The molecule has 1 N–H and O–H groups in total. The summed E-state index contributed by atoms with van der Waals surface area (Å²) in [5, 5.41) is 5.56. The number of fused-ring (bicyclic) bond motifs is 1. The van der Waals surface area contributed by atoms with Crippen molar-refractivity contribution in [3.8, 4) is 0 Å². The zero-order chi connectivity index (χ0) is 26.6. The number of rotatable bonds is 7. The van der Waals surface area contributed by atoms with Gasteiger partial charge in [0, 0.05) is 35.9 Å². The summed E-state index contributed by atoms with van der Waals surface area (Å²) in [5.74, 6) is -0.110. The zero-order valence-corrected chi connectivity index (χ0v) is 23.4. The van der Waals surface area contributed by atoms with Crippen LogP contribution in [-0.2, 0) is 22.4 Å². The highest BCUT2D eigenvalue weighted by Crippen LogP contribution is 2.38. The number of carbonyl (C=O) groups excluding carboxylic acids is 2. The molecule has 3 heterocycles. The van der Waals surface area contributed by atoms with Gasteiger partial charge >= 0.3 is 0 Å². The van der Waals surface area contributed by atoms with Crippen LogP contribution < -0.4 is 5.32 Å². The Kier molecular flexibility index (Phi) is 7.85. The highest BCUT2D eigenvalue weighted by molar-refractivity contribution is 7.16. The molecule has 2 amide bonds. The Labute approximate surface area is 237 Å². The van der Waals surface area contributed by atoms with Gasteiger partial charge in [-0.3, -0.25) is 14.5 Å². The third-order valence-corrected chi connectivity index (χ3v) is 9.56. The molecule has 6 rings (SSSR count). The van der Waals surface area contributed by atoms with E-state index >= 15 is 0 Å². The monoisotopic (exact) mass is 556 g/mol. The Hall–Kier alpha value is -3.33. The van der Waals surface area contributed by atoms with Gasteiger partial charge in [-0.05, 0) is 41.8 Å². The van der Waals surface area contributed by atoms with E-state index < -0.39 is 0 Å². The molecule has 0 spiro atoms. The fourth-order valence-corrected chi connectivity index (χ4v) is 7.54. The molecule has 0 saturated carbocycles. The summed E-state index contributed by atoms with van der Waals surface area (Å²) in [7, 11) is 0. The van der Waals surface area contributed by atoms with Crippen molar-refractivity contribution >= 4 is 39.6 Å². The molecule has 1 unspecified atom stereocenters. The average Bonchev–Trinajstić information content (AvgIpc) is 3.63. The SMILES string of the molecule is O=C(Cc1cccs1)Nc1nc2c(s1)CCCC2C(=O)N1CCN(C(c2ccccc2)c2ccccc2)CC1. The number of aryl methyl sites for hydroxylation is 1. The highest BCUT2D eigenvalue weighted by atomic mass is 32.1. The van der Waals surface area contributed by atoms with Crippen molar-refractivity contribution in [3.05, 3.63) is 105 Å². The average molecular weight is 557 g/mol. The lowest BCUT2D eigenvalue weighted by Crippen LogP contribution is -2.51. The molecule has 1 aliphatic carbocycles. The van der Waals surface area contributed by atoms with Gasteiger partial charge in [-0.25, -0.2) is 4.98 Å². The molecule has 2 aliphatic rings. The molecule has 8 heteroatoms. The van der Waals surface area contributed by atoms with Crippen molar-refractivity contribution in [1.29, 1.82) is 0 Å². The second-order valence-electron chi connectivity index (χ2n) is 10.2. The standard InChI is InChI=1S/C31H32N4O2S2/c36-27(21-24-13-8-20-38-24)32-31-33-28-25(14-7-15-26(28)39-31)30(37)35-18-16-34(17-19-35)29(22-9-3-1-4-10-22)23-11-5-2-6-12-23/h1-6,8-13,20,25,29H,7,14-19,21H2,(H,32,33,36). The summed E-state index contributed by atoms with van der Waals surface area (Å²) in [6.45, 7) is 3.05. The molecule has 1 atom stereocenters. The molecule has 1 saturated heterocycles. The van der Waals surface area contributed by atoms with Crippen LogP contribution in [0.5, 0.6) is 0 Å². The first-order valence-electron chi connectivity index (χ1n) is 13.6. The minimum Gasteiger partial charge on any atom is -0.340 e. The van der Waals surface area contributed by atoms with E-state index in [0.29, 0.717) is 24.6 Å². The second kappa shape index (κ2) is 11.8. The molecular weight excluding hydrogens is 525 g/mol. The minimum atomic E-state index is -0.224. The van der Waals surface area contributed by atoms with Gasteiger partial charge in [0.2, 0.25) is 11.8 Å². The first-order chi connectivity index (χ1) is 19.2. The van der Waals surface area contributed by atoms with Gasteiger partial charge < -0.3 is 10.2 Å². The van der Waals surface area contributed by atoms with Gasteiger partial charge in [0.25, 0.3) is 0 Å². The van der Waals surface area contributed by atoms with Crippen LogP contribution in [0.2, 0.25) is 0 Å². The number of aromatic nitrogens is 1. The van der Waals surface area contributed by atoms with E-state index in [9.17, 15) is 9.59 Å². The van der Waals surface area contributed by atoms with Crippen molar-refractivity contribution in [3.63, 3.8) is 0 Å². The van der Waals surface area contributed by atoms with Crippen molar-refractivity contribution < 1.29 is 9.59 Å². The summed E-state index contributed by atoms with van der Waals surface area (Å²) < 4.78 is 0. The van der Waals surface area contributed by atoms with Gasteiger partial charge in [0.15, 0.2) is 5.13 Å². The molecule has 2 aromatic carbocycles. The lowest BCUT2D eigenvalue weighted by Gasteiger charge is -2.41. The Morgan fingerprint density at radius 2 is 1.62 bits per heavy atom. The van der Waals surface area contributed by atoms with E-state index in [2.05, 4.69) is 70.9 Å². The van der Waals surface area contributed by atoms with E-state index in [1.165, 1.54) is 22.5 Å². The Balaban J connectivity index is 1.12. The van der Waals surface area contributed by atoms with E-state index in [1.54, 1.807) is 11.3 Å². The number of benzene rings is 2. The molecule has 39 heavy (non-hydrogen) atoms. The van der Waals surface area contributed by atoms with Crippen molar-refractivity contribution in [2.75, 3.05) is 31.5 Å². The minimum absolute atomic E-state index is 0.0612.